The molecule has 3 aliphatic rings. The number of aliphatic hydroxyl groups is 1. The van der Waals surface area contributed by atoms with Crippen LogP contribution in [-0.2, 0) is 16.6 Å². The first-order valence-electron chi connectivity index (χ1n) is 9.99. The van der Waals surface area contributed by atoms with Gasteiger partial charge in [-0.05, 0) is 44.1 Å². The number of rotatable bonds is 2. The third-order valence-electron chi connectivity index (χ3n) is 6.57. The van der Waals surface area contributed by atoms with Crippen LogP contribution in [0.5, 0.6) is 0 Å². The number of likely N-dealkylation sites (tertiary alicyclic amines) is 1. The Morgan fingerprint density at radius 3 is 2.65 bits per heavy atom. The summed E-state index contributed by atoms with van der Waals surface area (Å²) in [7, 11) is 3.91. The van der Waals surface area contributed by atoms with E-state index >= 15 is 0 Å². The van der Waals surface area contributed by atoms with Crippen LogP contribution in [0.2, 0.25) is 0 Å². The molecule has 1 amide bonds. The molecule has 2 fully saturated rings. The number of carbonyl (C=O) groups is 1. The zero-order valence-corrected chi connectivity index (χ0v) is 16.0. The molecule has 1 aromatic rings. The SMILES string of the molecule is CN(C)c1ncc2c(n1)C1(CCCN(C(=O)C3(O)CCCCC3)C1)CC2. The van der Waals surface area contributed by atoms with E-state index in [9.17, 15) is 9.90 Å². The van der Waals surface area contributed by atoms with E-state index in [0.717, 1.165) is 63.1 Å². The lowest BCUT2D eigenvalue weighted by Crippen LogP contribution is -2.56. The monoisotopic (exact) mass is 358 g/mol. The average Bonchev–Trinajstić information content (AvgIpc) is 2.99. The molecule has 0 radical (unpaired) electrons. The van der Waals surface area contributed by atoms with Gasteiger partial charge in [0.05, 0.1) is 5.69 Å². The molecule has 1 aromatic heterocycles. The van der Waals surface area contributed by atoms with E-state index in [0.29, 0.717) is 19.4 Å². The zero-order valence-electron chi connectivity index (χ0n) is 16.0. The fraction of sp³-hybridized carbons (Fsp3) is 0.750. The molecule has 1 atom stereocenters. The van der Waals surface area contributed by atoms with Gasteiger partial charge in [0.2, 0.25) is 5.95 Å². The van der Waals surface area contributed by atoms with E-state index in [4.69, 9.17) is 4.98 Å². The summed E-state index contributed by atoms with van der Waals surface area (Å²) in [5.74, 6) is 0.686. The maximum Gasteiger partial charge on any atom is 0.254 e. The van der Waals surface area contributed by atoms with Gasteiger partial charge >= 0.3 is 0 Å². The molecule has 142 valence electrons. The Morgan fingerprint density at radius 2 is 1.92 bits per heavy atom. The number of hydrogen-bond donors (Lipinski definition) is 1. The standard InChI is InChI=1S/C20H30N4O2/c1-23(2)18-21-13-15-7-11-19(16(15)22-18)8-6-12-24(14-19)17(25)20(26)9-4-3-5-10-20/h13,26H,3-12,14H2,1-2H3. The molecule has 2 aliphatic carbocycles. The van der Waals surface area contributed by atoms with Crippen molar-refractivity contribution in [1.82, 2.24) is 14.9 Å². The summed E-state index contributed by atoms with van der Waals surface area (Å²) >= 11 is 0. The second-order valence-electron chi connectivity index (χ2n) is 8.64. The summed E-state index contributed by atoms with van der Waals surface area (Å²) in [5.41, 5.74) is 1.14. The first-order valence-corrected chi connectivity index (χ1v) is 9.99. The quantitative estimate of drug-likeness (QED) is 0.876. The first kappa shape index (κ1) is 17.7. The zero-order chi connectivity index (χ0) is 18.4. The summed E-state index contributed by atoms with van der Waals surface area (Å²) in [5, 5.41) is 10.9. The van der Waals surface area contributed by atoms with Gasteiger partial charge in [0, 0.05) is 38.8 Å². The molecular weight excluding hydrogens is 328 g/mol. The summed E-state index contributed by atoms with van der Waals surface area (Å²) in [6.45, 7) is 1.44. The van der Waals surface area contributed by atoms with Gasteiger partial charge in [-0.2, -0.15) is 0 Å². The number of amides is 1. The van der Waals surface area contributed by atoms with E-state index in [1.54, 1.807) is 0 Å². The molecule has 2 heterocycles. The number of nitrogens with zero attached hydrogens (tertiary/aromatic N) is 4. The molecule has 1 saturated heterocycles. The van der Waals surface area contributed by atoms with Crippen molar-refractivity contribution in [3.05, 3.63) is 17.5 Å². The van der Waals surface area contributed by atoms with Crippen molar-refractivity contribution in [1.29, 1.82) is 0 Å². The van der Waals surface area contributed by atoms with Crippen molar-refractivity contribution >= 4 is 11.9 Å². The Balaban J connectivity index is 1.60. The highest BCUT2D eigenvalue weighted by Crippen LogP contribution is 2.45. The van der Waals surface area contributed by atoms with Crippen molar-refractivity contribution < 1.29 is 9.90 Å². The minimum Gasteiger partial charge on any atom is -0.380 e. The molecule has 1 N–H and O–H groups in total. The summed E-state index contributed by atoms with van der Waals surface area (Å²) in [4.78, 5) is 26.3. The van der Waals surface area contributed by atoms with Gasteiger partial charge in [0.15, 0.2) is 0 Å². The molecular formula is C20H30N4O2. The van der Waals surface area contributed by atoms with E-state index < -0.39 is 5.60 Å². The molecule has 1 unspecified atom stereocenters. The normalized spacial score (nSPS) is 27.4. The van der Waals surface area contributed by atoms with Gasteiger partial charge in [-0.3, -0.25) is 4.79 Å². The van der Waals surface area contributed by atoms with Gasteiger partial charge in [0.25, 0.3) is 5.91 Å². The fourth-order valence-electron chi connectivity index (χ4n) is 5.09. The molecule has 1 saturated carbocycles. The van der Waals surface area contributed by atoms with Crippen LogP contribution < -0.4 is 4.90 Å². The second-order valence-corrected chi connectivity index (χ2v) is 8.64. The Morgan fingerprint density at radius 1 is 1.15 bits per heavy atom. The van der Waals surface area contributed by atoms with Gasteiger partial charge in [-0.15, -0.1) is 0 Å². The number of carbonyl (C=O) groups excluding carboxylic acids is 1. The number of hydrogen-bond acceptors (Lipinski definition) is 5. The molecule has 0 bridgehead atoms. The second kappa shape index (κ2) is 6.48. The maximum absolute atomic E-state index is 13.1. The Hall–Kier alpha value is -1.69. The van der Waals surface area contributed by atoms with E-state index in [-0.39, 0.29) is 11.3 Å². The molecule has 1 aliphatic heterocycles. The minimum atomic E-state index is -1.14. The number of piperidine rings is 1. The van der Waals surface area contributed by atoms with Crippen LogP contribution in [0.3, 0.4) is 0 Å². The molecule has 0 aromatic carbocycles. The summed E-state index contributed by atoms with van der Waals surface area (Å²) < 4.78 is 0. The Kier molecular flexibility index (Phi) is 4.41. The predicted octanol–water partition coefficient (Wildman–Crippen LogP) is 2.04. The molecule has 6 nitrogen and oxygen atoms in total. The largest absolute Gasteiger partial charge is 0.380 e. The third kappa shape index (κ3) is 2.88. The van der Waals surface area contributed by atoms with Crippen molar-refractivity contribution in [2.75, 3.05) is 32.1 Å². The fourth-order valence-corrected chi connectivity index (χ4v) is 5.09. The summed E-state index contributed by atoms with van der Waals surface area (Å²) in [6.07, 6.45) is 10.2. The Labute approximate surface area is 155 Å². The third-order valence-corrected chi connectivity index (χ3v) is 6.57. The average molecular weight is 358 g/mol. The smallest absolute Gasteiger partial charge is 0.254 e. The number of anilines is 1. The predicted molar refractivity (Wildman–Crippen MR) is 100 cm³/mol. The van der Waals surface area contributed by atoms with Gasteiger partial charge in [0.1, 0.15) is 5.60 Å². The van der Waals surface area contributed by atoms with Crippen LogP contribution >= 0.6 is 0 Å². The van der Waals surface area contributed by atoms with Crippen LogP contribution in [0.25, 0.3) is 0 Å². The molecule has 6 heteroatoms. The van der Waals surface area contributed by atoms with Crippen molar-refractivity contribution in [3.8, 4) is 0 Å². The van der Waals surface area contributed by atoms with E-state index in [1.807, 2.05) is 30.1 Å². The Bertz CT molecular complexity index is 695. The van der Waals surface area contributed by atoms with E-state index in [1.165, 1.54) is 5.56 Å². The number of fused-ring (bicyclic) bond motifs is 2. The van der Waals surface area contributed by atoms with Crippen LogP contribution in [0.4, 0.5) is 5.95 Å². The molecule has 4 rings (SSSR count). The minimum absolute atomic E-state index is 0.0494. The maximum atomic E-state index is 13.1. The van der Waals surface area contributed by atoms with Crippen molar-refractivity contribution in [3.63, 3.8) is 0 Å². The van der Waals surface area contributed by atoms with E-state index in [2.05, 4.69) is 4.98 Å². The lowest BCUT2D eigenvalue weighted by Gasteiger charge is -2.44. The van der Waals surface area contributed by atoms with Crippen molar-refractivity contribution in [2.45, 2.75) is 68.8 Å². The lowest BCUT2D eigenvalue weighted by atomic mass is 9.76. The highest BCUT2D eigenvalue weighted by molar-refractivity contribution is 5.85. The van der Waals surface area contributed by atoms with Crippen LogP contribution in [0.15, 0.2) is 6.20 Å². The van der Waals surface area contributed by atoms with Crippen molar-refractivity contribution in [2.24, 2.45) is 0 Å². The van der Waals surface area contributed by atoms with Crippen LogP contribution in [-0.4, -0.2) is 58.7 Å². The highest BCUT2D eigenvalue weighted by atomic mass is 16.3. The lowest BCUT2D eigenvalue weighted by molar-refractivity contribution is -0.157. The number of aromatic nitrogens is 2. The number of aryl methyl sites for hydroxylation is 1. The topological polar surface area (TPSA) is 69.6 Å². The van der Waals surface area contributed by atoms with Gasteiger partial charge in [-0.25, -0.2) is 9.97 Å². The van der Waals surface area contributed by atoms with Gasteiger partial charge in [-0.1, -0.05) is 19.3 Å². The van der Waals surface area contributed by atoms with Crippen LogP contribution in [0.1, 0.15) is 62.6 Å². The first-order chi connectivity index (χ1) is 12.4. The van der Waals surface area contributed by atoms with Gasteiger partial charge < -0.3 is 14.9 Å². The summed E-state index contributed by atoms with van der Waals surface area (Å²) in [6, 6.07) is 0. The molecule has 1 spiro atoms. The van der Waals surface area contributed by atoms with Crippen LogP contribution in [0, 0.1) is 0 Å². The highest BCUT2D eigenvalue weighted by Gasteiger charge is 2.48. The molecule has 26 heavy (non-hydrogen) atoms.